The minimum atomic E-state index is -0.592. The first kappa shape index (κ1) is 15.2. The number of nitrogens with zero attached hydrogens (tertiary/aromatic N) is 2. The van der Waals surface area contributed by atoms with Crippen molar-refractivity contribution >= 4 is 17.3 Å². The van der Waals surface area contributed by atoms with Crippen molar-refractivity contribution in [3.8, 4) is 0 Å². The molecule has 2 rings (SSSR count). The summed E-state index contributed by atoms with van der Waals surface area (Å²) in [4.78, 5) is 24.5. The Morgan fingerprint density at radius 1 is 1.52 bits per heavy atom. The molecule has 21 heavy (non-hydrogen) atoms. The molecule has 0 radical (unpaired) electrons. The lowest BCUT2D eigenvalue weighted by atomic mass is 10.0. The Morgan fingerprint density at radius 2 is 2.29 bits per heavy atom. The SMILES string of the molecule is NNc1ccc(C(=O)N2CCCCC2CO)cc1[N+](=O)[O-]. The van der Waals surface area contributed by atoms with Crippen molar-refractivity contribution in [2.45, 2.75) is 25.3 Å². The number of nitro benzene ring substituents is 1. The summed E-state index contributed by atoms with van der Waals surface area (Å²) >= 11 is 0. The van der Waals surface area contributed by atoms with E-state index < -0.39 is 4.92 Å². The molecule has 1 aromatic carbocycles. The number of piperidine rings is 1. The van der Waals surface area contributed by atoms with Crippen molar-refractivity contribution in [3.63, 3.8) is 0 Å². The first-order valence-electron chi connectivity index (χ1n) is 6.75. The molecule has 0 spiro atoms. The fourth-order valence-corrected chi connectivity index (χ4v) is 2.56. The second-order valence-corrected chi connectivity index (χ2v) is 4.96. The molecule has 1 aliphatic heterocycles. The van der Waals surface area contributed by atoms with E-state index in [0.717, 1.165) is 19.3 Å². The number of hydrazine groups is 1. The number of rotatable bonds is 4. The Hall–Kier alpha value is -2.19. The van der Waals surface area contributed by atoms with Gasteiger partial charge < -0.3 is 15.4 Å². The molecule has 1 fully saturated rings. The van der Waals surface area contributed by atoms with Gasteiger partial charge in [-0.05, 0) is 31.4 Å². The summed E-state index contributed by atoms with van der Waals surface area (Å²) in [5.41, 5.74) is 2.36. The largest absolute Gasteiger partial charge is 0.394 e. The highest BCUT2D eigenvalue weighted by molar-refractivity contribution is 5.96. The predicted octanol–water partition coefficient (Wildman–Crippen LogP) is 0.867. The average molecular weight is 294 g/mol. The summed E-state index contributed by atoms with van der Waals surface area (Å²) in [6, 6.07) is 3.88. The molecule has 114 valence electrons. The van der Waals surface area contributed by atoms with E-state index in [0.29, 0.717) is 6.54 Å². The minimum Gasteiger partial charge on any atom is -0.394 e. The Labute approximate surface area is 121 Å². The Kier molecular flexibility index (Phi) is 4.71. The van der Waals surface area contributed by atoms with Gasteiger partial charge in [0.25, 0.3) is 11.6 Å². The average Bonchev–Trinajstić information content (AvgIpc) is 2.53. The molecule has 8 heteroatoms. The van der Waals surface area contributed by atoms with Crippen molar-refractivity contribution in [1.82, 2.24) is 4.90 Å². The topological polar surface area (TPSA) is 122 Å². The molecule has 1 saturated heterocycles. The lowest BCUT2D eigenvalue weighted by Crippen LogP contribution is -2.45. The van der Waals surface area contributed by atoms with Gasteiger partial charge in [-0.2, -0.15) is 0 Å². The summed E-state index contributed by atoms with van der Waals surface area (Å²) in [7, 11) is 0. The van der Waals surface area contributed by atoms with Gasteiger partial charge in [-0.15, -0.1) is 0 Å². The maximum atomic E-state index is 12.5. The normalized spacial score (nSPS) is 18.4. The molecule has 1 heterocycles. The van der Waals surface area contributed by atoms with Crippen LogP contribution in [-0.4, -0.2) is 40.0 Å². The zero-order valence-electron chi connectivity index (χ0n) is 11.5. The molecule has 0 aliphatic carbocycles. The van der Waals surface area contributed by atoms with Crippen molar-refractivity contribution < 1.29 is 14.8 Å². The van der Waals surface area contributed by atoms with Crippen LogP contribution in [0.1, 0.15) is 29.6 Å². The maximum Gasteiger partial charge on any atom is 0.294 e. The summed E-state index contributed by atoms with van der Waals surface area (Å²) in [6.07, 6.45) is 2.57. The number of nitrogens with one attached hydrogen (secondary N) is 1. The first-order valence-corrected chi connectivity index (χ1v) is 6.75. The Bertz CT molecular complexity index is 549. The van der Waals surface area contributed by atoms with Crippen LogP contribution in [0.5, 0.6) is 0 Å². The molecular formula is C13H18N4O4. The summed E-state index contributed by atoms with van der Waals surface area (Å²) in [5, 5.41) is 20.4. The zero-order valence-corrected chi connectivity index (χ0v) is 11.5. The minimum absolute atomic E-state index is 0.101. The highest BCUT2D eigenvalue weighted by Gasteiger charge is 2.28. The molecule has 8 nitrogen and oxygen atoms in total. The number of benzene rings is 1. The maximum absolute atomic E-state index is 12.5. The Morgan fingerprint density at radius 3 is 2.90 bits per heavy atom. The summed E-state index contributed by atoms with van der Waals surface area (Å²) < 4.78 is 0. The predicted molar refractivity (Wildman–Crippen MR) is 76.7 cm³/mol. The number of hydrogen-bond acceptors (Lipinski definition) is 6. The second kappa shape index (κ2) is 6.51. The van der Waals surface area contributed by atoms with Gasteiger partial charge in [0.2, 0.25) is 0 Å². The second-order valence-electron chi connectivity index (χ2n) is 4.96. The number of carbonyl (C=O) groups is 1. The van der Waals surface area contributed by atoms with Crippen molar-refractivity contribution in [2.75, 3.05) is 18.6 Å². The molecule has 1 aliphatic rings. The van der Waals surface area contributed by atoms with Crippen LogP contribution in [0.4, 0.5) is 11.4 Å². The number of likely N-dealkylation sites (tertiary alicyclic amines) is 1. The van der Waals surface area contributed by atoms with E-state index in [1.165, 1.54) is 18.2 Å². The lowest BCUT2D eigenvalue weighted by molar-refractivity contribution is -0.384. The number of nitro groups is 1. The van der Waals surface area contributed by atoms with E-state index in [1.54, 1.807) is 4.90 Å². The number of aliphatic hydroxyl groups is 1. The third kappa shape index (κ3) is 3.11. The van der Waals surface area contributed by atoms with Crippen molar-refractivity contribution in [2.24, 2.45) is 5.84 Å². The highest BCUT2D eigenvalue weighted by atomic mass is 16.6. The van der Waals surface area contributed by atoms with Crippen LogP contribution in [0, 0.1) is 10.1 Å². The van der Waals surface area contributed by atoms with Gasteiger partial charge in [-0.3, -0.25) is 20.8 Å². The standard InChI is InChI=1S/C13H18N4O4/c14-15-11-5-4-9(7-12(11)17(20)21)13(19)16-6-2-1-3-10(16)8-18/h4-5,7,10,15,18H,1-3,6,8,14H2. The highest BCUT2D eigenvalue weighted by Crippen LogP contribution is 2.26. The molecule has 1 amide bonds. The van der Waals surface area contributed by atoms with Gasteiger partial charge in [0.15, 0.2) is 0 Å². The van der Waals surface area contributed by atoms with Crippen LogP contribution in [0.2, 0.25) is 0 Å². The van der Waals surface area contributed by atoms with Crippen LogP contribution < -0.4 is 11.3 Å². The van der Waals surface area contributed by atoms with Gasteiger partial charge in [-0.25, -0.2) is 0 Å². The van der Waals surface area contributed by atoms with E-state index in [2.05, 4.69) is 5.43 Å². The summed E-state index contributed by atoms with van der Waals surface area (Å²) in [6.45, 7) is 0.449. The Balaban J connectivity index is 2.30. The van der Waals surface area contributed by atoms with Crippen molar-refractivity contribution in [3.05, 3.63) is 33.9 Å². The molecule has 0 aromatic heterocycles. The van der Waals surface area contributed by atoms with Gasteiger partial charge in [-0.1, -0.05) is 0 Å². The van der Waals surface area contributed by atoms with Crippen LogP contribution >= 0.6 is 0 Å². The van der Waals surface area contributed by atoms with Crippen LogP contribution in [-0.2, 0) is 0 Å². The number of nitrogen functional groups attached to an aromatic ring is 1. The molecule has 0 bridgehead atoms. The van der Waals surface area contributed by atoms with Gasteiger partial charge in [0.1, 0.15) is 5.69 Å². The molecule has 0 saturated carbocycles. The molecule has 1 unspecified atom stereocenters. The number of carbonyl (C=O) groups excluding carboxylic acids is 1. The lowest BCUT2D eigenvalue weighted by Gasteiger charge is -2.34. The van der Waals surface area contributed by atoms with Gasteiger partial charge in [0.05, 0.1) is 17.6 Å². The van der Waals surface area contributed by atoms with E-state index in [1.807, 2.05) is 0 Å². The van der Waals surface area contributed by atoms with E-state index in [9.17, 15) is 20.0 Å². The number of hydrogen-bond donors (Lipinski definition) is 3. The number of aliphatic hydroxyl groups excluding tert-OH is 1. The van der Waals surface area contributed by atoms with Gasteiger partial charge in [0, 0.05) is 18.2 Å². The smallest absolute Gasteiger partial charge is 0.294 e. The third-order valence-electron chi connectivity index (χ3n) is 3.70. The quantitative estimate of drug-likeness (QED) is 0.430. The first-order chi connectivity index (χ1) is 10.1. The van der Waals surface area contributed by atoms with Crippen molar-refractivity contribution in [1.29, 1.82) is 0 Å². The third-order valence-corrected chi connectivity index (χ3v) is 3.70. The van der Waals surface area contributed by atoms with Crippen LogP contribution in [0.25, 0.3) is 0 Å². The van der Waals surface area contributed by atoms with E-state index in [-0.39, 0.29) is 35.5 Å². The fraction of sp³-hybridized carbons (Fsp3) is 0.462. The van der Waals surface area contributed by atoms with Crippen LogP contribution in [0.15, 0.2) is 18.2 Å². The zero-order chi connectivity index (χ0) is 15.4. The summed E-state index contributed by atoms with van der Waals surface area (Å²) in [5.74, 6) is 4.91. The molecule has 4 N–H and O–H groups in total. The van der Waals surface area contributed by atoms with E-state index in [4.69, 9.17) is 5.84 Å². The number of nitrogens with two attached hydrogens (primary N) is 1. The molecule has 1 aromatic rings. The number of anilines is 1. The molecular weight excluding hydrogens is 276 g/mol. The monoisotopic (exact) mass is 294 g/mol. The van der Waals surface area contributed by atoms with E-state index >= 15 is 0 Å². The van der Waals surface area contributed by atoms with Crippen LogP contribution in [0.3, 0.4) is 0 Å². The fourth-order valence-electron chi connectivity index (χ4n) is 2.56. The van der Waals surface area contributed by atoms with Gasteiger partial charge >= 0.3 is 0 Å². The number of amides is 1. The molecule has 1 atom stereocenters.